The number of allylic oxidation sites excluding steroid dienone is 2. The molecule has 0 aliphatic heterocycles. The van der Waals surface area contributed by atoms with Crippen molar-refractivity contribution in [1.82, 2.24) is 0 Å². The van der Waals surface area contributed by atoms with Gasteiger partial charge in [-0.25, -0.2) is 4.76 Å². The summed E-state index contributed by atoms with van der Waals surface area (Å²) in [5.74, 6) is 5.17. The van der Waals surface area contributed by atoms with Gasteiger partial charge in [0.2, 0.25) is 7.29 Å². The van der Waals surface area contributed by atoms with Crippen molar-refractivity contribution in [2.75, 3.05) is 0 Å². The molecule has 2 nitrogen and oxygen atoms in total. The van der Waals surface area contributed by atoms with E-state index in [1.807, 2.05) is 60.7 Å². The van der Waals surface area contributed by atoms with Crippen LogP contribution in [0, 0.1) is 46.3 Å². The lowest BCUT2D eigenvalue weighted by Gasteiger charge is -2.58. The summed E-state index contributed by atoms with van der Waals surface area (Å²) in [5, 5.41) is 1.67. The topological polar surface area (TPSA) is 29.4 Å². The van der Waals surface area contributed by atoms with Crippen LogP contribution in [0.1, 0.15) is 105 Å². The first-order valence-electron chi connectivity index (χ1n) is 17.2. The predicted octanol–water partition coefficient (Wildman–Crippen LogP) is 10.4. The van der Waals surface area contributed by atoms with Gasteiger partial charge in [0.05, 0.1) is 0 Å². The highest BCUT2D eigenvalue weighted by molar-refractivity contribution is 7.77. The van der Waals surface area contributed by atoms with Gasteiger partial charge in [0.1, 0.15) is 0 Å². The highest BCUT2D eigenvalue weighted by Crippen LogP contribution is 2.67. The van der Waals surface area contributed by atoms with Crippen LogP contribution in [-0.4, -0.2) is 5.71 Å². The molecule has 226 valence electrons. The Hall–Kier alpha value is -1.92. The molecule has 2 aromatic carbocycles. The molecule has 0 heterocycles. The first kappa shape index (κ1) is 30.1. The van der Waals surface area contributed by atoms with Crippen LogP contribution in [0.3, 0.4) is 0 Å². The lowest BCUT2D eigenvalue weighted by Crippen LogP contribution is -2.51. The second kappa shape index (κ2) is 11.9. The number of rotatable bonds is 8. The van der Waals surface area contributed by atoms with Crippen LogP contribution in [-0.2, 0) is 4.57 Å². The molecule has 3 heteroatoms. The number of hydrogen-bond donors (Lipinski definition) is 0. The third-order valence-electron chi connectivity index (χ3n) is 12.7. The van der Waals surface area contributed by atoms with E-state index in [0.29, 0.717) is 5.41 Å². The molecule has 0 unspecified atom stereocenters. The molecular formula is C39H54NOP. The molecule has 7 atom stereocenters. The van der Waals surface area contributed by atoms with Crippen LogP contribution in [0.2, 0.25) is 0 Å². The molecular weight excluding hydrogens is 529 g/mol. The fourth-order valence-electron chi connectivity index (χ4n) is 10.4. The number of benzene rings is 2. The summed E-state index contributed by atoms with van der Waals surface area (Å²) >= 11 is 0. The number of hydrogen-bond acceptors (Lipinski definition) is 1. The standard InChI is InChI=1S/C39H54NOP/c1-28(2)13-12-14-29(3)35-21-22-36-34-20-19-30-27-31(23-25-38(30,4)37(34)24-26-39(35,36)5)40-42(41,32-15-8-6-9-16-32)33-17-10-7-11-18-33/h6-11,15-18,27-29,34-37H,12-14,19-26H2,1-5H3/b40-31+/t29-,34+,35-,36+,37+,38+,39-/m1/s1. The van der Waals surface area contributed by atoms with E-state index in [4.69, 9.17) is 4.76 Å². The molecule has 4 aliphatic rings. The minimum absolute atomic E-state index is 0.272. The summed E-state index contributed by atoms with van der Waals surface area (Å²) in [6.45, 7) is 12.6. The van der Waals surface area contributed by atoms with E-state index in [2.05, 4.69) is 40.7 Å². The lowest BCUT2D eigenvalue weighted by molar-refractivity contribution is -0.0573. The molecule has 3 fully saturated rings. The summed E-state index contributed by atoms with van der Waals surface area (Å²) < 4.78 is 19.8. The van der Waals surface area contributed by atoms with Crippen LogP contribution in [0.15, 0.2) is 77.1 Å². The smallest absolute Gasteiger partial charge is 0.247 e. The Labute approximate surface area is 256 Å². The van der Waals surface area contributed by atoms with Gasteiger partial charge in [-0.1, -0.05) is 95.9 Å². The van der Waals surface area contributed by atoms with Gasteiger partial charge in [-0.2, -0.15) is 0 Å². The fourth-order valence-corrected chi connectivity index (χ4v) is 12.6. The monoisotopic (exact) mass is 583 g/mol. The van der Waals surface area contributed by atoms with Crippen molar-refractivity contribution in [3.63, 3.8) is 0 Å². The maximum atomic E-state index is 14.7. The maximum Gasteiger partial charge on any atom is 0.247 e. The number of nitrogens with zero attached hydrogens (tertiary/aromatic N) is 1. The SMILES string of the molecule is CC(C)CCC[C@@H](C)[C@H]1CC[C@H]2[C@@H]3CCC4=C/C(=N/P(=O)(c5ccccc5)c5ccccc5)CC[C@]4(C)[C@H]3CC[C@]12C. The molecule has 0 spiro atoms. The average molecular weight is 584 g/mol. The fraction of sp³-hybridized carbons (Fsp3) is 0.615. The van der Waals surface area contributed by atoms with Crippen LogP contribution in [0.5, 0.6) is 0 Å². The van der Waals surface area contributed by atoms with E-state index in [1.165, 1.54) is 57.8 Å². The van der Waals surface area contributed by atoms with Crippen LogP contribution >= 0.6 is 7.29 Å². The van der Waals surface area contributed by atoms with E-state index in [9.17, 15) is 4.57 Å². The second-order valence-electron chi connectivity index (χ2n) is 15.4. The highest BCUT2D eigenvalue weighted by Gasteiger charge is 2.59. The Balaban J connectivity index is 1.24. The zero-order chi connectivity index (χ0) is 29.5. The lowest BCUT2D eigenvalue weighted by atomic mass is 9.46. The van der Waals surface area contributed by atoms with Crippen molar-refractivity contribution in [3.05, 3.63) is 72.3 Å². The van der Waals surface area contributed by atoms with Gasteiger partial charge in [0.25, 0.3) is 0 Å². The summed E-state index contributed by atoms with van der Waals surface area (Å²) in [4.78, 5) is 0. The van der Waals surface area contributed by atoms with Gasteiger partial charge in [-0.3, -0.25) is 4.57 Å². The molecule has 3 saturated carbocycles. The third-order valence-corrected chi connectivity index (χ3v) is 15.2. The largest absolute Gasteiger partial charge is 0.288 e. The molecule has 4 aliphatic carbocycles. The molecule has 0 N–H and O–H groups in total. The van der Waals surface area contributed by atoms with E-state index in [-0.39, 0.29) is 5.41 Å². The van der Waals surface area contributed by atoms with Crippen LogP contribution in [0.25, 0.3) is 0 Å². The van der Waals surface area contributed by atoms with E-state index in [1.54, 1.807) is 5.57 Å². The first-order chi connectivity index (χ1) is 20.1. The zero-order valence-corrected chi connectivity index (χ0v) is 27.8. The summed E-state index contributed by atoms with van der Waals surface area (Å²) in [6, 6.07) is 19.9. The molecule has 0 amide bonds. The zero-order valence-electron chi connectivity index (χ0n) is 26.9. The summed E-state index contributed by atoms with van der Waals surface area (Å²) in [6.07, 6.45) is 16.9. The second-order valence-corrected chi connectivity index (χ2v) is 17.8. The number of fused-ring (bicyclic) bond motifs is 5. The predicted molar refractivity (Wildman–Crippen MR) is 180 cm³/mol. The van der Waals surface area contributed by atoms with E-state index in [0.717, 1.165) is 64.7 Å². The quantitative estimate of drug-likeness (QED) is 0.284. The average Bonchev–Trinajstić information content (AvgIpc) is 3.35. The summed E-state index contributed by atoms with van der Waals surface area (Å²) in [5.41, 5.74) is 3.46. The van der Waals surface area contributed by atoms with Gasteiger partial charge in [-0.15, -0.1) is 0 Å². The van der Waals surface area contributed by atoms with Crippen molar-refractivity contribution in [2.24, 2.45) is 51.1 Å². The first-order valence-corrected chi connectivity index (χ1v) is 18.8. The molecule has 0 aromatic heterocycles. The normalized spacial score (nSPS) is 34.4. The molecule has 42 heavy (non-hydrogen) atoms. The van der Waals surface area contributed by atoms with E-state index < -0.39 is 7.29 Å². The minimum Gasteiger partial charge on any atom is -0.288 e. The molecule has 6 rings (SSSR count). The Morgan fingerprint density at radius 2 is 1.48 bits per heavy atom. The van der Waals surface area contributed by atoms with Gasteiger partial charge in [-0.05, 0) is 128 Å². The van der Waals surface area contributed by atoms with Gasteiger partial charge in [0, 0.05) is 16.3 Å². The minimum atomic E-state index is -3.10. The Morgan fingerprint density at radius 1 is 0.810 bits per heavy atom. The Morgan fingerprint density at radius 3 is 2.12 bits per heavy atom. The highest BCUT2D eigenvalue weighted by atomic mass is 31.2. The van der Waals surface area contributed by atoms with E-state index >= 15 is 0 Å². The molecule has 2 aromatic rings. The van der Waals surface area contributed by atoms with Crippen molar-refractivity contribution in [3.8, 4) is 0 Å². The van der Waals surface area contributed by atoms with Gasteiger partial charge in [0.15, 0.2) is 0 Å². The van der Waals surface area contributed by atoms with Gasteiger partial charge >= 0.3 is 0 Å². The van der Waals surface area contributed by atoms with Crippen LogP contribution in [0.4, 0.5) is 0 Å². The maximum absolute atomic E-state index is 14.7. The van der Waals surface area contributed by atoms with Crippen molar-refractivity contribution < 1.29 is 4.57 Å². The summed E-state index contributed by atoms with van der Waals surface area (Å²) in [7, 11) is -3.10. The Bertz CT molecular complexity index is 1300. The van der Waals surface area contributed by atoms with Gasteiger partial charge < -0.3 is 0 Å². The molecule has 0 radical (unpaired) electrons. The van der Waals surface area contributed by atoms with Crippen LogP contribution < -0.4 is 10.6 Å². The van der Waals surface area contributed by atoms with Crippen molar-refractivity contribution in [2.45, 2.75) is 105 Å². The van der Waals surface area contributed by atoms with Crippen molar-refractivity contribution >= 4 is 23.6 Å². The van der Waals surface area contributed by atoms with Crippen molar-refractivity contribution in [1.29, 1.82) is 0 Å². The third kappa shape index (κ3) is 5.33. The molecule has 0 saturated heterocycles. The molecule has 0 bridgehead atoms. The Kier molecular flexibility index (Phi) is 8.52.